The zero-order valence-electron chi connectivity index (χ0n) is 16.0. The number of ether oxygens (including phenoxy) is 1. The lowest BCUT2D eigenvalue weighted by Crippen LogP contribution is -2.47. The first-order valence-electron chi connectivity index (χ1n) is 9.64. The lowest BCUT2D eigenvalue weighted by molar-refractivity contribution is -0.119. The number of carbonyl (C=O) groups is 1. The molecular weight excluding hydrogens is 455 g/mol. The van der Waals surface area contributed by atoms with Crippen molar-refractivity contribution >= 4 is 35.8 Å². The number of likely N-dealkylation sites (tertiary alicyclic amines) is 1. The van der Waals surface area contributed by atoms with Gasteiger partial charge in [0.15, 0.2) is 5.96 Å². The van der Waals surface area contributed by atoms with Crippen molar-refractivity contribution in [2.24, 2.45) is 16.6 Å². The maximum Gasteiger partial charge on any atom is 0.217 e. The minimum absolute atomic E-state index is 0. The molecule has 6 nitrogen and oxygen atoms in total. The molecule has 1 saturated carbocycles. The molecule has 1 heterocycles. The second kappa shape index (κ2) is 10.7. The van der Waals surface area contributed by atoms with Gasteiger partial charge in [0.25, 0.3) is 0 Å². The molecule has 27 heavy (non-hydrogen) atoms. The summed E-state index contributed by atoms with van der Waals surface area (Å²) in [6.07, 6.45) is 6.49. The number of primary amides is 1. The molecule has 1 aromatic rings. The van der Waals surface area contributed by atoms with Crippen LogP contribution in [0.25, 0.3) is 0 Å². The van der Waals surface area contributed by atoms with E-state index in [0.717, 1.165) is 56.0 Å². The topological polar surface area (TPSA) is 80.0 Å². The Morgan fingerprint density at radius 2 is 2.07 bits per heavy atom. The Labute approximate surface area is 178 Å². The fourth-order valence-corrected chi connectivity index (χ4v) is 3.65. The summed E-state index contributed by atoms with van der Waals surface area (Å²) < 4.78 is 6.11. The molecule has 1 unspecified atom stereocenters. The number of benzene rings is 1. The van der Waals surface area contributed by atoms with Gasteiger partial charge >= 0.3 is 0 Å². The van der Waals surface area contributed by atoms with Crippen molar-refractivity contribution in [2.45, 2.75) is 51.2 Å². The van der Waals surface area contributed by atoms with Gasteiger partial charge in [0.2, 0.25) is 5.91 Å². The summed E-state index contributed by atoms with van der Waals surface area (Å²) in [6, 6.07) is 8.20. The second-order valence-corrected chi connectivity index (χ2v) is 7.30. The maximum atomic E-state index is 11.2. The van der Waals surface area contributed by atoms with E-state index in [1.54, 1.807) is 7.05 Å². The van der Waals surface area contributed by atoms with Crippen LogP contribution in [0.5, 0.6) is 5.75 Å². The summed E-state index contributed by atoms with van der Waals surface area (Å²) >= 11 is 0. The van der Waals surface area contributed by atoms with Crippen LogP contribution in [0, 0.1) is 5.92 Å². The number of amides is 1. The Kier molecular flexibility index (Phi) is 8.66. The van der Waals surface area contributed by atoms with Crippen LogP contribution in [-0.4, -0.2) is 43.0 Å². The number of guanidine groups is 1. The molecule has 0 spiro atoms. The summed E-state index contributed by atoms with van der Waals surface area (Å²) in [4.78, 5) is 17.9. The molecule has 1 amide bonds. The van der Waals surface area contributed by atoms with Crippen LogP contribution in [0.2, 0.25) is 0 Å². The van der Waals surface area contributed by atoms with Gasteiger partial charge in [-0.25, -0.2) is 0 Å². The summed E-state index contributed by atoms with van der Waals surface area (Å²) in [5.74, 6) is 1.93. The Bertz CT molecular complexity index is 649. The average molecular weight is 486 g/mol. The lowest BCUT2D eigenvalue weighted by atomic mass is 9.95. The first-order chi connectivity index (χ1) is 12.7. The maximum absolute atomic E-state index is 11.2. The quantitative estimate of drug-likeness (QED) is 0.368. The van der Waals surface area contributed by atoms with Crippen molar-refractivity contribution in [3.05, 3.63) is 29.8 Å². The Balaban J connectivity index is 0.00000261. The van der Waals surface area contributed by atoms with Gasteiger partial charge in [-0.15, -0.1) is 24.0 Å². The van der Waals surface area contributed by atoms with E-state index >= 15 is 0 Å². The molecule has 3 N–H and O–H groups in total. The van der Waals surface area contributed by atoms with Gasteiger partial charge in [0.05, 0.1) is 6.10 Å². The third kappa shape index (κ3) is 6.26. The predicted octanol–water partition coefficient (Wildman–Crippen LogP) is 2.90. The smallest absolute Gasteiger partial charge is 0.217 e. The standard InChI is InChI=1S/C20H30N4O2.HI/c1-22-20(24-11-5-6-15(14-24)12-19(21)25)23-13-16-7-2-3-10-18(16)26-17-8-4-9-17;/h2-3,7,10,15,17H,4-6,8-9,11-14H2,1H3,(H2,21,25)(H,22,23);1H. The van der Waals surface area contributed by atoms with E-state index in [-0.39, 0.29) is 29.9 Å². The number of hydrogen-bond acceptors (Lipinski definition) is 3. The molecule has 2 aliphatic rings. The number of halogens is 1. The summed E-state index contributed by atoms with van der Waals surface area (Å²) in [6.45, 7) is 2.45. The van der Waals surface area contributed by atoms with Gasteiger partial charge in [0.1, 0.15) is 5.75 Å². The van der Waals surface area contributed by atoms with Crippen LogP contribution >= 0.6 is 24.0 Å². The number of hydrogen-bond donors (Lipinski definition) is 2. The van der Waals surface area contributed by atoms with Gasteiger partial charge in [-0.1, -0.05) is 18.2 Å². The molecule has 150 valence electrons. The van der Waals surface area contributed by atoms with Crippen molar-refractivity contribution in [1.82, 2.24) is 10.2 Å². The molecule has 1 saturated heterocycles. The molecular formula is C20H31IN4O2. The highest BCUT2D eigenvalue weighted by atomic mass is 127. The number of para-hydroxylation sites is 1. The molecule has 1 aliphatic heterocycles. The molecule has 7 heteroatoms. The van der Waals surface area contributed by atoms with E-state index in [0.29, 0.717) is 25.0 Å². The zero-order chi connectivity index (χ0) is 18.4. The highest BCUT2D eigenvalue weighted by Crippen LogP contribution is 2.27. The lowest BCUT2D eigenvalue weighted by Gasteiger charge is -2.34. The number of rotatable bonds is 6. The Morgan fingerprint density at radius 1 is 1.30 bits per heavy atom. The van der Waals surface area contributed by atoms with Gasteiger partial charge in [-0.05, 0) is 44.1 Å². The highest BCUT2D eigenvalue weighted by Gasteiger charge is 2.24. The van der Waals surface area contributed by atoms with Crippen LogP contribution < -0.4 is 15.8 Å². The molecule has 2 fully saturated rings. The minimum Gasteiger partial charge on any atom is -0.490 e. The van der Waals surface area contributed by atoms with E-state index < -0.39 is 0 Å². The van der Waals surface area contributed by atoms with Crippen LogP contribution in [0.15, 0.2) is 29.3 Å². The molecule has 0 aromatic heterocycles. The van der Waals surface area contributed by atoms with Crippen molar-refractivity contribution in [1.29, 1.82) is 0 Å². The summed E-state index contributed by atoms with van der Waals surface area (Å²) in [7, 11) is 1.80. The van der Waals surface area contributed by atoms with E-state index in [1.165, 1.54) is 6.42 Å². The number of nitrogens with two attached hydrogens (primary N) is 1. The van der Waals surface area contributed by atoms with Crippen molar-refractivity contribution in [3.63, 3.8) is 0 Å². The van der Waals surface area contributed by atoms with Crippen LogP contribution in [0.4, 0.5) is 0 Å². The van der Waals surface area contributed by atoms with Crippen molar-refractivity contribution < 1.29 is 9.53 Å². The third-order valence-electron chi connectivity index (χ3n) is 5.28. The molecule has 1 aromatic carbocycles. The monoisotopic (exact) mass is 486 g/mol. The number of nitrogens with zero attached hydrogens (tertiary/aromatic N) is 2. The van der Waals surface area contributed by atoms with Gasteiger partial charge in [-0.3, -0.25) is 9.79 Å². The molecule has 1 atom stereocenters. The van der Waals surface area contributed by atoms with Crippen molar-refractivity contribution in [2.75, 3.05) is 20.1 Å². The fourth-order valence-electron chi connectivity index (χ4n) is 3.65. The molecule has 0 radical (unpaired) electrons. The largest absolute Gasteiger partial charge is 0.490 e. The third-order valence-corrected chi connectivity index (χ3v) is 5.28. The number of carbonyl (C=O) groups excluding carboxylic acids is 1. The number of aliphatic imine (C=N–C) groups is 1. The highest BCUT2D eigenvalue weighted by molar-refractivity contribution is 14.0. The first kappa shape index (κ1) is 21.8. The second-order valence-electron chi connectivity index (χ2n) is 7.30. The Morgan fingerprint density at radius 3 is 2.74 bits per heavy atom. The Hall–Kier alpha value is -1.51. The molecule has 0 bridgehead atoms. The summed E-state index contributed by atoms with van der Waals surface area (Å²) in [5, 5.41) is 3.46. The minimum atomic E-state index is -0.220. The normalized spacial score (nSPS) is 20.4. The zero-order valence-corrected chi connectivity index (χ0v) is 18.4. The van der Waals surface area contributed by atoms with E-state index in [2.05, 4.69) is 21.3 Å². The molecule has 3 rings (SSSR count). The number of nitrogens with one attached hydrogen (secondary N) is 1. The van der Waals surface area contributed by atoms with Crippen LogP contribution in [-0.2, 0) is 11.3 Å². The molecule has 1 aliphatic carbocycles. The average Bonchev–Trinajstić information content (AvgIpc) is 2.59. The van der Waals surface area contributed by atoms with E-state index in [1.807, 2.05) is 18.2 Å². The van der Waals surface area contributed by atoms with E-state index in [9.17, 15) is 4.79 Å². The summed E-state index contributed by atoms with van der Waals surface area (Å²) in [5.41, 5.74) is 6.51. The van der Waals surface area contributed by atoms with Crippen LogP contribution in [0.1, 0.15) is 44.1 Å². The van der Waals surface area contributed by atoms with Gasteiger partial charge in [-0.2, -0.15) is 0 Å². The van der Waals surface area contributed by atoms with Gasteiger partial charge < -0.3 is 20.7 Å². The predicted molar refractivity (Wildman–Crippen MR) is 118 cm³/mol. The fraction of sp³-hybridized carbons (Fsp3) is 0.600. The van der Waals surface area contributed by atoms with Crippen molar-refractivity contribution in [3.8, 4) is 5.75 Å². The first-order valence-corrected chi connectivity index (χ1v) is 9.64. The SMILES string of the molecule is CN=C(NCc1ccccc1OC1CCC1)N1CCCC(CC(N)=O)C1.I. The van der Waals surface area contributed by atoms with Crippen LogP contribution in [0.3, 0.4) is 0 Å². The van der Waals surface area contributed by atoms with Gasteiger partial charge in [0, 0.05) is 38.7 Å². The number of piperidine rings is 1. The van der Waals surface area contributed by atoms with E-state index in [4.69, 9.17) is 10.5 Å².